The van der Waals surface area contributed by atoms with E-state index in [1.807, 2.05) is 38.3 Å². The van der Waals surface area contributed by atoms with Crippen molar-refractivity contribution in [2.24, 2.45) is 0 Å². The van der Waals surface area contributed by atoms with Crippen molar-refractivity contribution in [3.05, 3.63) is 40.4 Å². The van der Waals surface area contributed by atoms with Gasteiger partial charge in [-0.05, 0) is 50.8 Å². The summed E-state index contributed by atoms with van der Waals surface area (Å²) in [4.78, 5) is 26.6. The molecule has 0 saturated carbocycles. The molecular formula is C20H22N4O3S2. The normalized spacial score (nSPS) is 10.7. The van der Waals surface area contributed by atoms with Gasteiger partial charge in [0.1, 0.15) is 11.3 Å². The molecule has 0 aliphatic carbocycles. The Bertz CT molecular complexity index is 1040. The number of methoxy groups -OCH3 is 1. The molecule has 1 aromatic carbocycles. The van der Waals surface area contributed by atoms with E-state index in [-0.39, 0.29) is 12.2 Å². The summed E-state index contributed by atoms with van der Waals surface area (Å²) in [7, 11) is 1.66. The molecule has 29 heavy (non-hydrogen) atoms. The fourth-order valence-corrected chi connectivity index (χ4v) is 3.94. The predicted molar refractivity (Wildman–Crippen MR) is 117 cm³/mol. The lowest BCUT2D eigenvalue weighted by molar-refractivity contribution is 0.0526. The second kappa shape index (κ2) is 9.23. The number of esters is 1. The van der Waals surface area contributed by atoms with Crippen LogP contribution in [0.3, 0.4) is 0 Å². The molecule has 2 heterocycles. The molecule has 0 bridgehead atoms. The third-order valence-electron chi connectivity index (χ3n) is 4.13. The van der Waals surface area contributed by atoms with Gasteiger partial charge in [-0.15, -0.1) is 11.3 Å². The van der Waals surface area contributed by atoms with Crippen molar-refractivity contribution in [1.29, 1.82) is 0 Å². The average Bonchev–Trinajstić information content (AvgIpc) is 3.08. The zero-order valence-corrected chi connectivity index (χ0v) is 18.5. The third kappa shape index (κ3) is 4.68. The van der Waals surface area contributed by atoms with Gasteiger partial charge in [-0.3, -0.25) is 0 Å². The van der Waals surface area contributed by atoms with Gasteiger partial charge in [0, 0.05) is 16.6 Å². The van der Waals surface area contributed by atoms with Crippen molar-refractivity contribution >= 4 is 40.0 Å². The summed E-state index contributed by atoms with van der Waals surface area (Å²) in [6.45, 7) is 6.05. The Hall–Kier alpha value is -2.65. The molecule has 0 radical (unpaired) electrons. The Kier molecular flexibility index (Phi) is 6.71. The molecule has 152 valence electrons. The minimum absolute atomic E-state index is 0.277. The Morgan fingerprint density at radius 2 is 2.07 bits per heavy atom. The van der Waals surface area contributed by atoms with Crippen LogP contribution in [0.2, 0.25) is 0 Å². The third-order valence-corrected chi connectivity index (χ3v) is 5.58. The molecule has 0 spiro atoms. The number of carbonyl (C=O) groups excluding carboxylic acids is 1. The first-order valence-corrected chi connectivity index (χ1v) is 11.0. The number of hydrogen-bond donors (Lipinski definition) is 1. The maximum absolute atomic E-state index is 12.3. The van der Waals surface area contributed by atoms with Gasteiger partial charge in [-0.1, -0.05) is 11.8 Å². The van der Waals surface area contributed by atoms with Crippen LogP contribution in [0.5, 0.6) is 5.75 Å². The van der Waals surface area contributed by atoms with Crippen molar-refractivity contribution in [3.63, 3.8) is 0 Å². The first kappa shape index (κ1) is 21.1. The van der Waals surface area contributed by atoms with Gasteiger partial charge in [0.2, 0.25) is 0 Å². The summed E-state index contributed by atoms with van der Waals surface area (Å²) in [5.74, 6) is 0.751. The zero-order valence-electron chi connectivity index (χ0n) is 16.9. The first-order chi connectivity index (χ1) is 14.0. The van der Waals surface area contributed by atoms with Crippen LogP contribution in [0.4, 0.5) is 10.9 Å². The largest absolute Gasteiger partial charge is 0.496 e. The molecule has 3 rings (SSSR count). The fraction of sp³-hybridized carbons (Fsp3) is 0.300. The van der Waals surface area contributed by atoms with Crippen LogP contribution in [0.15, 0.2) is 29.6 Å². The van der Waals surface area contributed by atoms with Crippen LogP contribution in [0, 0.1) is 13.8 Å². The molecule has 0 aliphatic heterocycles. The van der Waals surface area contributed by atoms with E-state index < -0.39 is 5.97 Å². The first-order valence-electron chi connectivity index (χ1n) is 8.94. The monoisotopic (exact) mass is 430 g/mol. The van der Waals surface area contributed by atoms with E-state index in [1.54, 1.807) is 14.0 Å². The molecule has 3 aromatic rings. The lowest BCUT2D eigenvalue weighted by atomic mass is 10.1. The van der Waals surface area contributed by atoms with Crippen LogP contribution >= 0.6 is 23.1 Å². The molecule has 0 unspecified atom stereocenters. The number of nitrogens with one attached hydrogen (secondary N) is 1. The number of ether oxygens (including phenoxy) is 2. The number of thioether (sulfide) groups is 1. The smallest absolute Gasteiger partial charge is 0.343 e. The van der Waals surface area contributed by atoms with Crippen LogP contribution in [0.1, 0.15) is 27.7 Å². The standard InChI is InChI=1S/C20H22N4O3S2/c1-6-27-18(25)14-10-21-19(28-5)23-17(14)24-20-22-16(12(3)29-20)13-7-8-15(26-4)11(2)9-13/h7-10H,6H2,1-5H3,(H,21,22,23,24). The highest BCUT2D eigenvalue weighted by molar-refractivity contribution is 7.98. The maximum Gasteiger partial charge on any atom is 0.343 e. The summed E-state index contributed by atoms with van der Waals surface area (Å²) in [6.07, 6.45) is 3.36. The van der Waals surface area contributed by atoms with E-state index in [1.165, 1.54) is 29.3 Å². The highest BCUT2D eigenvalue weighted by atomic mass is 32.2. The molecule has 2 aromatic heterocycles. The van der Waals surface area contributed by atoms with Gasteiger partial charge >= 0.3 is 5.97 Å². The SMILES string of the molecule is CCOC(=O)c1cnc(SC)nc1Nc1nc(-c2ccc(OC)c(C)c2)c(C)s1. The quantitative estimate of drug-likeness (QED) is 0.323. The molecule has 0 amide bonds. The number of aryl methyl sites for hydroxylation is 2. The van der Waals surface area contributed by atoms with Crippen molar-refractivity contribution in [1.82, 2.24) is 15.0 Å². The Balaban J connectivity index is 1.95. The Labute approximate surface area is 177 Å². The summed E-state index contributed by atoms with van der Waals surface area (Å²) in [5, 5.41) is 4.37. The van der Waals surface area contributed by atoms with Gasteiger partial charge in [0.05, 0.1) is 19.4 Å². The van der Waals surface area contributed by atoms with E-state index in [9.17, 15) is 4.79 Å². The van der Waals surface area contributed by atoms with E-state index in [0.717, 1.165) is 27.4 Å². The minimum atomic E-state index is -0.470. The lowest BCUT2D eigenvalue weighted by Crippen LogP contribution is -2.10. The number of thiazole rings is 1. The summed E-state index contributed by atoms with van der Waals surface area (Å²) >= 11 is 2.89. The maximum atomic E-state index is 12.3. The van der Waals surface area contributed by atoms with E-state index in [4.69, 9.17) is 14.5 Å². The molecule has 0 saturated heterocycles. The van der Waals surface area contributed by atoms with Gasteiger partial charge in [0.25, 0.3) is 0 Å². The number of nitrogens with zero attached hydrogens (tertiary/aromatic N) is 3. The number of carbonyl (C=O) groups is 1. The lowest BCUT2D eigenvalue weighted by Gasteiger charge is -2.09. The summed E-state index contributed by atoms with van der Waals surface area (Å²) < 4.78 is 10.5. The van der Waals surface area contributed by atoms with Crippen LogP contribution in [0.25, 0.3) is 11.3 Å². The van der Waals surface area contributed by atoms with Crippen molar-refractivity contribution in [3.8, 4) is 17.0 Å². The number of aromatic nitrogens is 3. The number of rotatable bonds is 7. The van der Waals surface area contributed by atoms with Gasteiger partial charge < -0.3 is 14.8 Å². The van der Waals surface area contributed by atoms with Gasteiger partial charge in [-0.25, -0.2) is 19.7 Å². The molecule has 1 N–H and O–H groups in total. The molecular weight excluding hydrogens is 408 g/mol. The second-order valence-corrected chi connectivity index (χ2v) is 8.05. The van der Waals surface area contributed by atoms with E-state index in [2.05, 4.69) is 15.3 Å². The highest BCUT2D eigenvalue weighted by Gasteiger charge is 2.18. The minimum Gasteiger partial charge on any atom is -0.496 e. The number of anilines is 2. The average molecular weight is 431 g/mol. The summed E-state index contributed by atoms with van der Waals surface area (Å²) in [6, 6.07) is 5.97. The van der Waals surface area contributed by atoms with Crippen molar-refractivity contribution < 1.29 is 14.3 Å². The van der Waals surface area contributed by atoms with Gasteiger partial charge in [-0.2, -0.15) is 0 Å². The highest BCUT2D eigenvalue weighted by Crippen LogP contribution is 2.34. The molecule has 9 heteroatoms. The van der Waals surface area contributed by atoms with Crippen LogP contribution in [-0.2, 0) is 4.74 Å². The topological polar surface area (TPSA) is 86.2 Å². The molecule has 0 atom stereocenters. The number of benzene rings is 1. The fourth-order valence-electron chi connectivity index (χ4n) is 2.76. The van der Waals surface area contributed by atoms with Crippen molar-refractivity contribution in [2.75, 3.05) is 25.3 Å². The molecule has 0 aliphatic rings. The zero-order chi connectivity index (χ0) is 21.0. The summed E-state index contributed by atoms with van der Waals surface area (Å²) in [5.41, 5.74) is 3.19. The van der Waals surface area contributed by atoms with Crippen LogP contribution in [-0.4, -0.2) is 40.9 Å². The Morgan fingerprint density at radius 1 is 1.28 bits per heavy atom. The van der Waals surface area contributed by atoms with Gasteiger partial charge in [0.15, 0.2) is 16.1 Å². The molecule has 0 fully saturated rings. The van der Waals surface area contributed by atoms with Crippen molar-refractivity contribution in [2.45, 2.75) is 25.9 Å². The predicted octanol–water partition coefficient (Wildman–Crippen LogP) is 4.87. The molecule has 7 nitrogen and oxygen atoms in total. The van der Waals surface area contributed by atoms with Crippen LogP contribution < -0.4 is 10.1 Å². The van der Waals surface area contributed by atoms with E-state index >= 15 is 0 Å². The number of hydrogen-bond acceptors (Lipinski definition) is 9. The second-order valence-electron chi connectivity index (χ2n) is 6.07. The Morgan fingerprint density at radius 3 is 2.72 bits per heavy atom. The van der Waals surface area contributed by atoms with E-state index in [0.29, 0.717) is 16.1 Å².